The molecule has 0 radical (unpaired) electrons. The number of anilines is 2. The molecule has 4 aromatic carbocycles. The van der Waals surface area contributed by atoms with E-state index in [1.807, 2.05) is 24.3 Å². The van der Waals surface area contributed by atoms with Gasteiger partial charge in [0.2, 0.25) is 11.8 Å². The number of aromatic nitrogens is 3. The van der Waals surface area contributed by atoms with Crippen molar-refractivity contribution in [2.24, 2.45) is 11.1 Å². The van der Waals surface area contributed by atoms with Crippen LogP contribution in [0.3, 0.4) is 0 Å². The molecule has 0 aliphatic heterocycles. The Morgan fingerprint density at radius 3 is 2.35 bits per heavy atom. The van der Waals surface area contributed by atoms with Crippen LogP contribution < -0.4 is 25.4 Å². The van der Waals surface area contributed by atoms with Crippen molar-refractivity contribution in [1.29, 1.82) is 0 Å². The van der Waals surface area contributed by atoms with Crippen molar-refractivity contribution in [2.75, 3.05) is 19.1 Å². The number of primary amides is 1. The smallest absolute Gasteiger partial charge is 0.251 e. The Morgan fingerprint density at radius 1 is 0.962 bits per heavy atom. The second kappa shape index (κ2) is 13.6. The minimum Gasteiger partial charge on any atom is -0.497 e. The molecular formula is C39H32F2N6O5. The van der Waals surface area contributed by atoms with Crippen LogP contribution in [0.5, 0.6) is 17.2 Å². The lowest BCUT2D eigenvalue weighted by Gasteiger charge is -2.27. The Hall–Kier alpha value is -6.63. The molecule has 0 saturated heterocycles. The fourth-order valence-corrected chi connectivity index (χ4v) is 6.07. The highest BCUT2D eigenvalue weighted by atomic mass is 19.1. The summed E-state index contributed by atoms with van der Waals surface area (Å²) in [6, 6.07) is 23.4. The molecule has 0 unspecified atom stereocenters. The van der Waals surface area contributed by atoms with Crippen molar-refractivity contribution < 1.29 is 32.6 Å². The summed E-state index contributed by atoms with van der Waals surface area (Å²) in [5, 5.41) is 10.5. The number of ether oxygens (including phenoxy) is 2. The molecule has 4 N–H and O–H groups in total. The van der Waals surface area contributed by atoms with Crippen LogP contribution in [-0.4, -0.2) is 47.1 Å². The number of hydrogen-bond donors (Lipinski definition) is 3. The lowest BCUT2D eigenvalue weighted by Crippen LogP contribution is -2.41. The number of pyridine rings is 1. The third kappa shape index (κ3) is 6.28. The monoisotopic (exact) mass is 702 g/mol. The van der Waals surface area contributed by atoms with E-state index in [9.17, 15) is 18.8 Å². The summed E-state index contributed by atoms with van der Waals surface area (Å²) < 4.78 is 41.9. The van der Waals surface area contributed by atoms with Gasteiger partial charge in [-0.3, -0.25) is 24.4 Å². The first kappa shape index (κ1) is 33.8. The van der Waals surface area contributed by atoms with E-state index in [1.165, 1.54) is 43.4 Å². The van der Waals surface area contributed by atoms with E-state index in [1.54, 1.807) is 37.6 Å². The average molecular weight is 703 g/mol. The lowest BCUT2D eigenvalue weighted by molar-refractivity contribution is -0.133. The molecule has 1 fully saturated rings. The van der Waals surface area contributed by atoms with Crippen LogP contribution in [0, 0.1) is 17.0 Å². The second-order valence-corrected chi connectivity index (χ2v) is 12.4. The summed E-state index contributed by atoms with van der Waals surface area (Å²) in [6.45, 7) is 0. The van der Waals surface area contributed by atoms with Crippen LogP contribution in [0.1, 0.15) is 34.3 Å². The predicted octanol–water partition coefficient (Wildman–Crippen LogP) is 6.58. The van der Waals surface area contributed by atoms with Crippen molar-refractivity contribution in [3.63, 3.8) is 0 Å². The Morgan fingerprint density at radius 2 is 1.69 bits per heavy atom. The first-order chi connectivity index (χ1) is 25.1. The van der Waals surface area contributed by atoms with Crippen LogP contribution in [0.25, 0.3) is 22.3 Å². The summed E-state index contributed by atoms with van der Waals surface area (Å²) in [7, 11) is 3.12. The minimum absolute atomic E-state index is 0.0855. The topological polar surface area (TPSA) is 153 Å². The molecule has 0 atom stereocenters. The summed E-state index contributed by atoms with van der Waals surface area (Å²) in [5.41, 5.74) is 7.80. The highest BCUT2D eigenvalue weighted by molar-refractivity contribution is 6.16. The number of nitrogens with one attached hydrogen (secondary N) is 2. The molecule has 1 aliphatic carbocycles. The third-order valence-corrected chi connectivity index (χ3v) is 9.11. The summed E-state index contributed by atoms with van der Waals surface area (Å²) in [5.74, 6) is -2.30. The summed E-state index contributed by atoms with van der Waals surface area (Å²) >= 11 is 0. The molecule has 0 bridgehead atoms. The van der Waals surface area contributed by atoms with Crippen LogP contribution in [0.2, 0.25) is 0 Å². The van der Waals surface area contributed by atoms with Gasteiger partial charge in [-0.05, 0) is 79.1 Å². The van der Waals surface area contributed by atoms with Gasteiger partial charge in [0.15, 0.2) is 17.2 Å². The minimum atomic E-state index is -1.44. The van der Waals surface area contributed by atoms with E-state index in [-0.39, 0.29) is 41.6 Å². The standard InChI is InChI=1S/C39H32F2N6O5/c1-43-36(48)24-5-3-4-23(19-24)33-32-34(25(21-44-35(32)46-45-33)18-22-6-13-29(51-2)14-7-22)52-31-15-12-28(20-30(31)41)47(27-10-8-26(40)9-11-27)38(50)39(16-17-39)37(42)49/h3-15,19-21H,16-18H2,1-2H3,(H2,42,49)(H,43,48)(H,44,45,46). The van der Waals surface area contributed by atoms with Crippen LogP contribution in [0.15, 0.2) is 97.2 Å². The number of fused-ring (bicyclic) bond motifs is 1. The molecular weight excluding hydrogens is 670 g/mol. The van der Waals surface area contributed by atoms with Gasteiger partial charge in [0, 0.05) is 48.1 Å². The van der Waals surface area contributed by atoms with E-state index in [2.05, 4.69) is 20.5 Å². The van der Waals surface area contributed by atoms with Crippen molar-refractivity contribution in [3.8, 4) is 28.5 Å². The molecule has 2 heterocycles. The largest absolute Gasteiger partial charge is 0.497 e. The third-order valence-electron chi connectivity index (χ3n) is 9.11. The number of carbonyl (C=O) groups excluding carboxylic acids is 3. The maximum Gasteiger partial charge on any atom is 0.251 e. The number of halogens is 2. The number of hydrogen-bond acceptors (Lipinski definition) is 7. The second-order valence-electron chi connectivity index (χ2n) is 12.4. The first-order valence-corrected chi connectivity index (χ1v) is 16.3. The zero-order chi connectivity index (χ0) is 36.6. The zero-order valence-electron chi connectivity index (χ0n) is 28.1. The Balaban J connectivity index is 1.33. The molecule has 11 nitrogen and oxygen atoms in total. The van der Waals surface area contributed by atoms with Crippen LogP contribution in [-0.2, 0) is 16.0 Å². The van der Waals surface area contributed by atoms with Crippen LogP contribution >= 0.6 is 0 Å². The quantitative estimate of drug-likeness (QED) is 0.129. The number of nitrogens with two attached hydrogens (primary N) is 1. The molecule has 0 spiro atoms. The van der Waals surface area contributed by atoms with E-state index >= 15 is 4.39 Å². The average Bonchev–Trinajstić information content (AvgIpc) is 3.87. The molecule has 7 rings (SSSR count). The highest BCUT2D eigenvalue weighted by Crippen LogP contribution is 2.49. The van der Waals surface area contributed by atoms with Gasteiger partial charge < -0.3 is 20.5 Å². The van der Waals surface area contributed by atoms with Crippen molar-refractivity contribution in [3.05, 3.63) is 126 Å². The fourth-order valence-electron chi connectivity index (χ4n) is 6.07. The Labute approximate surface area is 296 Å². The number of amides is 3. The van der Waals surface area contributed by atoms with Crippen LogP contribution in [0.4, 0.5) is 20.2 Å². The number of nitrogens with zero attached hydrogens (tertiary/aromatic N) is 3. The molecule has 13 heteroatoms. The maximum atomic E-state index is 16.3. The molecule has 52 heavy (non-hydrogen) atoms. The number of H-pyrrole nitrogens is 1. The van der Waals surface area contributed by atoms with Gasteiger partial charge in [-0.15, -0.1) is 0 Å². The number of benzene rings is 4. The number of aromatic amines is 1. The van der Waals surface area contributed by atoms with Gasteiger partial charge in [-0.1, -0.05) is 24.3 Å². The van der Waals surface area contributed by atoms with E-state index in [0.29, 0.717) is 45.6 Å². The molecule has 2 aromatic heterocycles. The zero-order valence-corrected chi connectivity index (χ0v) is 28.1. The van der Waals surface area contributed by atoms with E-state index < -0.39 is 28.9 Å². The molecule has 3 amide bonds. The number of methoxy groups -OCH3 is 1. The predicted molar refractivity (Wildman–Crippen MR) is 189 cm³/mol. The van der Waals surface area contributed by atoms with Crippen molar-refractivity contribution in [1.82, 2.24) is 20.5 Å². The number of rotatable bonds is 11. The maximum absolute atomic E-state index is 16.3. The van der Waals surface area contributed by atoms with E-state index in [4.69, 9.17) is 15.2 Å². The Kier molecular flexibility index (Phi) is 8.84. The van der Waals surface area contributed by atoms with Crippen molar-refractivity contribution >= 4 is 40.1 Å². The SMILES string of the molecule is CNC(=O)c1cccc(-c2[nH]nc3ncc(Cc4ccc(OC)cc4)c(Oc4ccc(N(C(=O)C5(C(N)=O)CC5)c5ccc(F)cc5)cc4F)c23)c1. The van der Waals surface area contributed by atoms with Gasteiger partial charge >= 0.3 is 0 Å². The molecule has 6 aromatic rings. The molecule has 262 valence electrons. The lowest BCUT2D eigenvalue weighted by atomic mass is 10.0. The molecule has 1 aliphatic rings. The summed E-state index contributed by atoms with van der Waals surface area (Å²) in [6.07, 6.45) is 2.44. The number of carbonyl (C=O) groups is 3. The fraction of sp³-hybridized carbons (Fsp3) is 0.154. The van der Waals surface area contributed by atoms with Gasteiger partial charge in [-0.25, -0.2) is 13.8 Å². The molecule has 1 saturated carbocycles. The Bertz CT molecular complexity index is 2340. The van der Waals surface area contributed by atoms with Crippen molar-refractivity contribution in [2.45, 2.75) is 19.3 Å². The highest BCUT2D eigenvalue weighted by Gasteiger charge is 2.57. The van der Waals surface area contributed by atoms with Gasteiger partial charge in [0.1, 0.15) is 22.7 Å². The van der Waals surface area contributed by atoms with E-state index in [0.717, 1.165) is 16.5 Å². The first-order valence-electron chi connectivity index (χ1n) is 16.3. The summed E-state index contributed by atoms with van der Waals surface area (Å²) in [4.78, 5) is 44.3. The van der Waals surface area contributed by atoms with Gasteiger partial charge in [0.05, 0.1) is 23.9 Å². The van der Waals surface area contributed by atoms with Gasteiger partial charge in [-0.2, -0.15) is 5.10 Å². The normalized spacial score (nSPS) is 13.0. The van der Waals surface area contributed by atoms with Gasteiger partial charge in [0.25, 0.3) is 5.91 Å².